The molecule has 1 atom stereocenters. The Morgan fingerprint density at radius 3 is 1.86 bits per heavy atom. The number of hydrogen-bond donors (Lipinski definition) is 2. The predicted molar refractivity (Wildman–Crippen MR) is 91.8 cm³/mol. The van der Waals surface area contributed by atoms with Gasteiger partial charge in [-0.1, -0.05) is 45.0 Å². The summed E-state index contributed by atoms with van der Waals surface area (Å²) in [6.07, 6.45) is 1.45. The molecule has 0 bridgehead atoms. The Morgan fingerprint density at radius 2 is 1.43 bits per heavy atom. The summed E-state index contributed by atoms with van der Waals surface area (Å²) in [4.78, 5) is 0. The van der Waals surface area contributed by atoms with E-state index < -0.39 is 5.60 Å². The first-order chi connectivity index (χ1) is 9.39. The fourth-order valence-corrected chi connectivity index (χ4v) is 2.36. The lowest BCUT2D eigenvalue weighted by Gasteiger charge is -2.27. The summed E-state index contributed by atoms with van der Waals surface area (Å²) >= 11 is 0. The van der Waals surface area contributed by atoms with Crippen LogP contribution in [0.1, 0.15) is 66.0 Å². The molecule has 0 radical (unpaired) electrons. The number of benzene rings is 1. The summed E-state index contributed by atoms with van der Waals surface area (Å²) in [5.74, 6) is 0. The smallest absolute Gasteiger partial charge is 0.0672 e. The minimum atomic E-state index is -0.665. The van der Waals surface area contributed by atoms with Gasteiger partial charge in [0.2, 0.25) is 0 Å². The Kier molecular flexibility index (Phi) is 5.63. The van der Waals surface area contributed by atoms with E-state index in [1.165, 1.54) is 11.1 Å². The highest BCUT2D eigenvalue weighted by Gasteiger charge is 2.22. The van der Waals surface area contributed by atoms with Crippen molar-refractivity contribution in [1.29, 1.82) is 0 Å². The minimum absolute atomic E-state index is 0.102. The quantitative estimate of drug-likeness (QED) is 0.857. The Morgan fingerprint density at radius 1 is 0.905 bits per heavy atom. The second kappa shape index (κ2) is 6.50. The molecule has 1 unspecified atom stereocenters. The lowest BCUT2D eigenvalue weighted by molar-refractivity contribution is 0.0499. The Balaban J connectivity index is 2.59. The van der Waals surface area contributed by atoms with Crippen molar-refractivity contribution in [3.63, 3.8) is 0 Å². The molecule has 1 aromatic rings. The fourth-order valence-electron chi connectivity index (χ4n) is 2.36. The fraction of sp³-hybridized carbons (Fsp3) is 0.684. The summed E-state index contributed by atoms with van der Waals surface area (Å²) in [5, 5.41) is 14.0. The lowest BCUT2D eigenvalue weighted by atomic mass is 9.85. The first-order valence-electron chi connectivity index (χ1n) is 7.96. The van der Waals surface area contributed by atoms with Crippen LogP contribution in [-0.2, 0) is 11.8 Å². The van der Waals surface area contributed by atoms with Crippen LogP contribution >= 0.6 is 0 Å². The maximum absolute atomic E-state index is 10.6. The maximum atomic E-state index is 10.6. The summed E-state index contributed by atoms with van der Waals surface area (Å²) in [6, 6.07) is 8.65. The first-order valence-corrected chi connectivity index (χ1v) is 7.96. The van der Waals surface area contributed by atoms with Gasteiger partial charge < -0.3 is 10.4 Å². The monoisotopic (exact) mass is 291 g/mol. The van der Waals surface area contributed by atoms with Gasteiger partial charge in [0.05, 0.1) is 5.60 Å². The molecule has 1 aromatic carbocycles. The molecule has 120 valence electrons. The van der Waals surface area contributed by atoms with Crippen LogP contribution in [0, 0.1) is 0 Å². The van der Waals surface area contributed by atoms with Crippen molar-refractivity contribution in [2.75, 3.05) is 6.54 Å². The standard InChI is InChI=1S/C19H33NO/c1-17(2,3)16-10-8-15(9-11-16)14-19(7,21)12-13-20-18(4,5)6/h8-11,20-21H,12-14H2,1-7H3. The van der Waals surface area contributed by atoms with E-state index in [4.69, 9.17) is 0 Å². The first kappa shape index (κ1) is 18.2. The minimum Gasteiger partial charge on any atom is -0.390 e. The van der Waals surface area contributed by atoms with E-state index in [9.17, 15) is 5.11 Å². The van der Waals surface area contributed by atoms with E-state index in [1.807, 2.05) is 6.92 Å². The predicted octanol–water partition coefficient (Wildman–Crippen LogP) is 4.06. The van der Waals surface area contributed by atoms with E-state index in [2.05, 4.69) is 71.1 Å². The van der Waals surface area contributed by atoms with Crippen molar-refractivity contribution >= 4 is 0 Å². The molecular formula is C19H33NO. The molecule has 0 aliphatic heterocycles. The molecular weight excluding hydrogens is 258 g/mol. The zero-order valence-corrected chi connectivity index (χ0v) is 14.9. The van der Waals surface area contributed by atoms with Gasteiger partial charge in [-0.3, -0.25) is 0 Å². The highest BCUT2D eigenvalue weighted by molar-refractivity contribution is 5.28. The zero-order chi connectivity index (χ0) is 16.3. The van der Waals surface area contributed by atoms with Gasteiger partial charge in [-0.2, -0.15) is 0 Å². The van der Waals surface area contributed by atoms with Crippen LogP contribution < -0.4 is 5.32 Å². The number of nitrogens with one attached hydrogen (secondary N) is 1. The molecule has 0 aromatic heterocycles. The molecule has 0 heterocycles. The highest BCUT2D eigenvalue weighted by Crippen LogP contribution is 2.24. The average Bonchev–Trinajstić information content (AvgIpc) is 2.25. The van der Waals surface area contributed by atoms with Gasteiger partial charge in [-0.05, 0) is 57.2 Å². The third kappa shape index (κ3) is 7.10. The summed E-state index contributed by atoms with van der Waals surface area (Å²) < 4.78 is 0. The zero-order valence-electron chi connectivity index (χ0n) is 14.9. The average molecular weight is 291 g/mol. The van der Waals surface area contributed by atoms with Crippen molar-refractivity contribution < 1.29 is 5.11 Å². The molecule has 2 heteroatoms. The van der Waals surface area contributed by atoms with Crippen molar-refractivity contribution in [1.82, 2.24) is 5.32 Å². The van der Waals surface area contributed by atoms with Crippen molar-refractivity contribution in [3.8, 4) is 0 Å². The second-order valence-corrected chi connectivity index (χ2v) is 8.55. The molecule has 0 fully saturated rings. The summed E-state index contributed by atoms with van der Waals surface area (Å²) in [5.41, 5.74) is 2.15. The third-order valence-electron chi connectivity index (χ3n) is 3.72. The maximum Gasteiger partial charge on any atom is 0.0672 e. The van der Waals surface area contributed by atoms with Gasteiger partial charge in [-0.15, -0.1) is 0 Å². The molecule has 0 aliphatic rings. The number of rotatable bonds is 5. The molecule has 0 spiro atoms. The van der Waals surface area contributed by atoms with Gasteiger partial charge in [-0.25, -0.2) is 0 Å². The van der Waals surface area contributed by atoms with Crippen molar-refractivity contribution in [2.24, 2.45) is 0 Å². The van der Waals surface area contributed by atoms with Crippen molar-refractivity contribution in [2.45, 2.75) is 77.9 Å². The molecule has 0 saturated heterocycles. The number of aliphatic hydroxyl groups is 1. The van der Waals surface area contributed by atoms with Crippen LogP contribution in [0.15, 0.2) is 24.3 Å². The second-order valence-electron chi connectivity index (χ2n) is 8.55. The molecule has 2 N–H and O–H groups in total. The third-order valence-corrected chi connectivity index (χ3v) is 3.72. The van der Waals surface area contributed by atoms with Crippen LogP contribution in [0.3, 0.4) is 0 Å². The van der Waals surface area contributed by atoms with E-state index in [0.29, 0.717) is 6.42 Å². The largest absolute Gasteiger partial charge is 0.390 e. The van der Waals surface area contributed by atoms with Crippen LogP contribution in [0.25, 0.3) is 0 Å². The van der Waals surface area contributed by atoms with Crippen molar-refractivity contribution in [3.05, 3.63) is 35.4 Å². The van der Waals surface area contributed by atoms with E-state index in [-0.39, 0.29) is 11.0 Å². The molecule has 0 amide bonds. The van der Waals surface area contributed by atoms with Gasteiger partial charge in [0.1, 0.15) is 0 Å². The lowest BCUT2D eigenvalue weighted by Crippen LogP contribution is -2.40. The van der Waals surface area contributed by atoms with Crippen LogP contribution in [-0.4, -0.2) is 22.8 Å². The molecule has 1 rings (SSSR count). The van der Waals surface area contributed by atoms with Gasteiger partial charge in [0, 0.05) is 12.0 Å². The highest BCUT2D eigenvalue weighted by atomic mass is 16.3. The summed E-state index contributed by atoms with van der Waals surface area (Å²) in [7, 11) is 0. The molecule has 0 saturated carbocycles. The van der Waals surface area contributed by atoms with Gasteiger partial charge in [0.25, 0.3) is 0 Å². The Labute approximate surface area is 131 Å². The molecule has 21 heavy (non-hydrogen) atoms. The molecule has 2 nitrogen and oxygen atoms in total. The SMILES string of the molecule is CC(O)(CCNC(C)(C)C)Cc1ccc(C(C)(C)C)cc1. The van der Waals surface area contributed by atoms with Crippen LogP contribution in [0.2, 0.25) is 0 Å². The topological polar surface area (TPSA) is 32.3 Å². The van der Waals surface area contributed by atoms with Crippen LogP contribution in [0.5, 0.6) is 0 Å². The van der Waals surface area contributed by atoms with E-state index in [0.717, 1.165) is 13.0 Å². The molecule has 0 aliphatic carbocycles. The Hall–Kier alpha value is -0.860. The van der Waals surface area contributed by atoms with Gasteiger partial charge in [0.15, 0.2) is 0 Å². The van der Waals surface area contributed by atoms with Crippen LogP contribution in [0.4, 0.5) is 0 Å². The Bertz CT molecular complexity index is 432. The van der Waals surface area contributed by atoms with E-state index >= 15 is 0 Å². The van der Waals surface area contributed by atoms with E-state index in [1.54, 1.807) is 0 Å². The summed E-state index contributed by atoms with van der Waals surface area (Å²) in [6.45, 7) is 15.8. The number of hydrogen-bond acceptors (Lipinski definition) is 2. The van der Waals surface area contributed by atoms with Gasteiger partial charge >= 0.3 is 0 Å². The normalized spacial score (nSPS) is 15.8.